The first-order chi connectivity index (χ1) is 8.32. The molecular weight excluding hydrogens is 342 g/mol. The Labute approximate surface area is 215 Å². The SMILES string of the molecule is N[C@@H](CCC(=O)OCC(=O)O)C(=O)OCC(=O)O.[NaH].[NaH].[NaH].[NaH]. The summed E-state index contributed by atoms with van der Waals surface area (Å²) in [5.41, 5.74) is 5.32. The molecule has 110 valence electrons. The maximum absolute atomic E-state index is 11.1. The van der Waals surface area contributed by atoms with Gasteiger partial charge < -0.3 is 25.4 Å². The van der Waals surface area contributed by atoms with Crippen molar-refractivity contribution < 1.29 is 38.9 Å². The van der Waals surface area contributed by atoms with E-state index in [1.807, 2.05) is 0 Å². The summed E-state index contributed by atoms with van der Waals surface area (Å²) < 4.78 is 8.58. The van der Waals surface area contributed by atoms with Gasteiger partial charge in [0.25, 0.3) is 0 Å². The number of carboxylic acids is 2. The molecule has 13 heteroatoms. The quantitative estimate of drug-likeness (QED) is 0.289. The Kier molecular flexibility index (Phi) is 33.3. The summed E-state index contributed by atoms with van der Waals surface area (Å²) in [5, 5.41) is 16.5. The minimum atomic E-state index is -1.32. The maximum atomic E-state index is 11.1. The van der Waals surface area contributed by atoms with Crippen molar-refractivity contribution in [3.05, 3.63) is 0 Å². The molecule has 0 saturated carbocycles. The summed E-state index contributed by atoms with van der Waals surface area (Å²) >= 11 is 0. The van der Waals surface area contributed by atoms with E-state index in [1.165, 1.54) is 0 Å². The van der Waals surface area contributed by atoms with Crippen LogP contribution in [0.3, 0.4) is 0 Å². The first kappa shape index (κ1) is 35.0. The zero-order chi connectivity index (χ0) is 14.1. The first-order valence-corrected chi connectivity index (χ1v) is 4.84. The van der Waals surface area contributed by atoms with Crippen molar-refractivity contribution in [1.82, 2.24) is 0 Å². The van der Waals surface area contributed by atoms with Gasteiger partial charge in [-0.25, -0.2) is 9.59 Å². The van der Waals surface area contributed by atoms with Gasteiger partial charge in [0, 0.05) is 6.42 Å². The molecule has 0 fully saturated rings. The van der Waals surface area contributed by atoms with E-state index >= 15 is 0 Å². The van der Waals surface area contributed by atoms with Gasteiger partial charge in [0.15, 0.2) is 13.2 Å². The van der Waals surface area contributed by atoms with Crippen molar-refractivity contribution in [2.45, 2.75) is 18.9 Å². The summed E-state index contributed by atoms with van der Waals surface area (Å²) in [6, 6.07) is -1.17. The Morgan fingerprint density at radius 1 is 0.864 bits per heavy atom. The molecule has 0 spiro atoms. The van der Waals surface area contributed by atoms with Gasteiger partial charge in [0.2, 0.25) is 0 Å². The molecule has 0 aromatic rings. The average Bonchev–Trinajstić information content (AvgIpc) is 2.30. The number of carboxylic acid groups (broad SMARTS) is 2. The van der Waals surface area contributed by atoms with Crippen LogP contribution in [-0.4, -0.2) is 172 Å². The van der Waals surface area contributed by atoms with E-state index in [0.717, 1.165) is 0 Å². The molecule has 1 atom stereocenters. The van der Waals surface area contributed by atoms with Crippen molar-refractivity contribution in [2.24, 2.45) is 5.73 Å². The van der Waals surface area contributed by atoms with E-state index in [2.05, 4.69) is 9.47 Å². The molecule has 0 amide bonds. The van der Waals surface area contributed by atoms with Gasteiger partial charge in [0.1, 0.15) is 6.04 Å². The van der Waals surface area contributed by atoms with Crippen LogP contribution >= 0.6 is 0 Å². The van der Waals surface area contributed by atoms with Crippen LogP contribution in [0.15, 0.2) is 0 Å². The predicted octanol–water partition coefficient (Wildman–Crippen LogP) is -4.24. The number of ether oxygens (including phenoxy) is 2. The summed E-state index contributed by atoms with van der Waals surface area (Å²) in [6.45, 7) is -1.58. The van der Waals surface area contributed by atoms with Gasteiger partial charge in [-0.3, -0.25) is 9.59 Å². The summed E-state index contributed by atoms with van der Waals surface area (Å²) in [6.07, 6.45) is -0.395. The van der Waals surface area contributed by atoms with Gasteiger partial charge in [0.05, 0.1) is 0 Å². The standard InChI is InChI=1S/C9H13NO8.4Na.4H/c10-5(9(16)18-4-7(13)14)1-2-8(15)17-3-6(11)12;;;;;;;;/h5H,1-4,10H2,(H,11,12)(H,13,14);;;;;;;;/t5-;;;;;;;;/m0......../s1. The second-order valence-corrected chi connectivity index (χ2v) is 3.20. The number of hydrogen-bond donors (Lipinski definition) is 3. The van der Waals surface area contributed by atoms with Crippen LogP contribution in [0.5, 0.6) is 0 Å². The topological polar surface area (TPSA) is 153 Å². The van der Waals surface area contributed by atoms with Crippen molar-refractivity contribution >= 4 is 142 Å². The third-order valence-corrected chi connectivity index (χ3v) is 1.66. The second kappa shape index (κ2) is 20.9. The second-order valence-electron chi connectivity index (χ2n) is 3.20. The van der Waals surface area contributed by atoms with E-state index in [0.29, 0.717) is 0 Å². The van der Waals surface area contributed by atoms with Gasteiger partial charge in [-0.05, 0) is 6.42 Å². The molecule has 0 saturated heterocycles. The predicted molar refractivity (Wildman–Crippen MR) is 83.0 cm³/mol. The fourth-order valence-electron chi connectivity index (χ4n) is 0.846. The number of aliphatic carboxylic acids is 2. The number of hydrogen-bond acceptors (Lipinski definition) is 7. The molecule has 0 rings (SSSR count). The van der Waals surface area contributed by atoms with Gasteiger partial charge in [-0.15, -0.1) is 0 Å². The van der Waals surface area contributed by atoms with Crippen LogP contribution in [0, 0.1) is 0 Å². The number of rotatable bonds is 8. The molecule has 0 aliphatic carbocycles. The number of carbonyl (C=O) groups is 4. The fraction of sp³-hybridized carbons (Fsp3) is 0.556. The van der Waals surface area contributed by atoms with E-state index in [9.17, 15) is 19.2 Å². The molecule has 0 radical (unpaired) electrons. The number of carbonyl (C=O) groups excluding carboxylic acids is 2. The molecule has 0 heterocycles. The molecule has 9 nitrogen and oxygen atoms in total. The summed E-state index contributed by atoms with van der Waals surface area (Å²) in [4.78, 5) is 42.2. The van der Waals surface area contributed by atoms with E-state index in [-0.39, 0.29) is 131 Å². The van der Waals surface area contributed by atoms with Gasteiger partial charge in [-0.1, -0.05) is 0 Å². The third kappa shape index (κ3) is 21.8. The van der Waals surface area contributed by atoms with Crippen LogP contribution in [-0.2, 0) is 28.7 Å². The number of esters is 2. The monoisotopic (exact) mass is 359 g/mol. The molecule has 0 aliphatic rings. The van der Waals surface area contributed by atoms with Gasteiger partial charge >= 0.3 is 142 Å². The van der Waals surface area contributed by atoms with Crippen molar-refractivity contribution in [3.63, 3.8) is 0 Å². The third-order valence-electron chi connectivity index (χ3n) is 1.66. The Hall–Kier alpha value is 1.84. The summed E-state index contributed by atoms with van der Waals surface area (Å²) in [5.74, 6) is -4.40. The molecule has 22 heavy (non-hydrogen) atoms. The van der Waals surface area contributed by atoms with Crippen LogP contribution in [0.25, 0.3) is 0 Å². The molecule has 0 bridgehead atoms. The normalized spacial score (nSPS) is 9.32. The Bertz CT molecular complexity index is 355. The molecule has 0 unspecified atom stereocenters. The van der Waals surface area contributed by atoms with Crippen LogP contribution in [0.1, 0.15) is 12.8 Å². The zero-order valence-corrected chi connectivity index (χ0v) is 9.33. The Morgan fingerprint density at radius 3 is 1.68 bits per heavy atom. The van der Waals surface area contributed by atoms with E-state index < -0.39 is 43.1 Å². The fourth-order valence-corrected chi connectivity index (χ4v) is 0.846. The Morgan fingerprint density at radius 2 is 1.27 bits per heavy atom. The molecule has 0 aromatic heterocycles. The molecule has 0 aromatic carbocycles. The van der Waals surface area contributed by atoms with Crippen molar-refractivity contribution in [3.8, 4) is 0 Å². The first-order valence-electron chi connectivity index (χ1n) is 4.84. The van der Waals surface area contributed by atoms with Gasteiger partial charge in [-0.2, -0.15) is 0 Å². The Balaban J connectivity index is -0.000000241. The number of nitrogens with two attached hydrogens (primary N) is 1. The average molecular weight is 359 g/mol. The van der Waals surface area contributed by atoms with Crippen molar-refractivity contribution in [2.75, 3.05) is 13.2 Å². The molecule has 0 aliphatic heterocycles. The molecular formula is C9H17NNa4O8. The van der Waals surface area contributed by atoms with E-state index in [4.69, 9.17) is 15.9 Å². The zero-order valence-electron chi connectivity index (χ0n) is 9.33. The molecule has 4 N–H and O–H groups in total. The minimum absolute atomic E-state index is 0. The van der Waals surface area contributed by atoms with Crippen LogP contribution in [0.4, 0.5) is 0 Å². The van der Waals surface area contributed by atoms with E-state index in [1.54, 1.807) is 0 Å². The van der Waals surface area contributed by atoms with Crippen LogP contribution < -0.4 is 5.73 Å². The van der Waals surface area contributed by atoms with Crippen LogP contribution in [0.2, 0.25) is 0 Å². The van der Waals surface area contributed by atoms with Crippen molar-refractivity contribution in [1.29, 1.82) is 0 Å². The summed E-state index contributed by atoms with van der Waals surface area (Å²) in [7, 11) is 0.